The van der Waals surface area contributed by atoms with Gasteiger partial charge < -0.3 is 15.1 Å². The van der Waals surface area contributed by atoms with Crippen LogP contribution in [0.25, 0.3) is 0 Å². The van der Waals surface area contributed by atoms with E-state index < -0.39 is 0 Å². The number of likely N-dealkylation sites (N-methyl/N-ethyl adjacent to an activating group) is 1. The van der Waals surface area contributed by atoms with E-state index in [0.717, 1.165) is 43.4 Å². The third-order valence-corrected chi connectivity index (χ3v) is 3.94. The molecular formula is C16H27ClN4. The number of hydrogen-bond acceptors (Lipinski definition) is 4. The number of halogens is 1. The molecule has 21 heavy (non-hydrogen) atoms. The molecule has 1 aliphatic rings. The lowest BCUT2D eigenvalue weighted by Gasteiger charge is -2.26. The van der Waals surface area contributed by atoms with E-state index in [4.69, 9.17) is 11.6 Å². The molecule has 5 heteroatoms. The van der Waals surface area contributed by atoms with Crippen molar-refractivity contribution in [1.82, 2.24) is 15.2 Å². The molecule has 0 unspecified atom stereocenters. The van der Waals surface area contributed by atoms with E-state index in [-0.39, 0.29) is 0 Å². The van der Waals surface area contributed by atoms with Crippen molar-refractivity contribution in [3.8, 4) is 0 Å². The molecule has 1 heterocycles. The number of hydrogen-bond donors (Lipinski definition) is 1. The fourth-order valence-electron chi connectivity index (χ4n) is 2.26. The standard InChI is InChI=1S/C16H27ClN4/c1-4-7-21(9-8-20(2)3)16-15(17)10-13(12-19-16)11-18-14-5-6-14/h10,12,14,18H,4-9,11H2,1-3H3. The minimum Gasteiger partial charge on any atom is -0.354 e. The number of anilines is 1. The molecule has 0 amide bonds. The normalized spacial score (nSPS) is 14.7. The first-order chi connectivity index (χ1) is 10.1. The molecule has 1 N–H and O–H groups in total. The van der Waals surface area contributed by atoms with Gasteiger partial charge in [-0.05, 0) is 45.0 Å². The lowest BCUT2D eigenvalue weighted by Crippen LogP contribution is -2.33. The van der Waals surface area contributed by atoms with Crippen LogP contribution in [0.4, 0.5) is 5.82 Å². The molecule has 0 saturated heterocycles. The van der Waals surface area contributed by atoms with Gasteiger partial charge in [-0.3, -0.25) is 0 Å². The number of nitrogens with zero attached hydrogens (tertiary/aromatic N) is 3. The van der Waals surface area contributed by atoms with Gasteiger partial charge in [0, 0.05) is 38.4 Å². The van der Waals surface area contributed by atoms with Crippen LogP contribution in [0.5, 0.6) is 0 Å². The highest BCUT2D eigenvalue weighted by molar-refractivity contribution is 6.33. The molecular weight excluding hydrogens is 284 g/mol. The van der Waals surface area contributed by atoms with Crippen LogP contribution >= 0.6 is 11.6 Å². The number of rotatable bonds is 9. The second-order valence-corrected chi connectivity index (χ2v) is 6.50. The van der Waals surface area contributed by atoms with Crippen LogP contribution in [0.2, 0.25) is 5.02 Å². The van der Waals surface area contributed by atoms with E-state index in [1.807, 2.05) is 6.20 Å². The molecule has 118 valence electrons. The summed E-state index contributed by atoms with van der Waals surface area (Å²) in [6.07, 6.45) is 5.65. The minimum atomic E-state index is 0.708. The Kier molecular flexibility index (Phi) is 6.27. The van der Waals surface area contributed by atoms with E-state index in [1.165, 1.54) is 18.4 Å². The summed E-state index contributed by atoms with van der Waals surface area (Å²) in [5, 5.41) is 4.26. The number of aromatic nitrogens is 1. The van der Waals surface area contributed by atoms with Crippen LogP contribution in [-0.2, 0) is 6.54 Å². The molecule has 4 nitrogen and oxygen atoms in total. The summed E-state index contributed by atoms with van der Waals surface area (Å²) in [5.74, 6) is 0.913. The van der Waals surface area contributed by atoms with Gasteiger partial charge in [0.05, 0.1) is 5.02 Å². The van der Waals surface area contributed by atoms with Gasteiger partial charge >= 0.3 is 0 Å². The Bertz CT molecular complexity index is 446. The van der Waals surface area contributed by atoms with Crippen LogP contribution in [0.1, 0.15) is 31.7 Å². The Labute approximate surface area is 133 Å². The van der Waals surface area contributed by atoms with Crippen molar-refractivity contribution in [2.75, 3.05) is 38.6 Å². The monoisotopic (exact) mass is 310 g/mol. The molecule has 1 aromatic heterocycles. The van der Waals surface area contributed by atoms with Crippen molar-refractivity contribution in [3.05, 3.63) is 22.8 Å². The first kappa shape index (κ1) is 16.5. The summed E-state index contributed by atoms with van der Waals surface area (Å²) < 4.78 is 0. The maximum absolute atomic E-state index is 6.46. The van der Waals surface area contributed by atoms with Gasteiger partial charge in [-0.1, -0.05) is 18.5 Å². The lowest BCUT2D eigenvalue weighted by atomic mass is 10.2. The molecule has 2 rings (SSSR count). The van der Waals surface area contributed by atoms with Crippen LogP contribution in [0.3, 0.4) is 0 Å². The zero-order valence-electron chi connectivity index (χ0n) is 13.4. The zero-order chi connectivity index (χ0) is 15.2. The van der Waals surface area contributed by atoms with E-state index >= 15 is 0 Å². The molecule has 0 aliphatic heterocycles. The molecule has 1 saturated carbocycles. The van der Waals surface area contributed by atoms with E-state index in [1.54, 1.807) is 0 Å². The second kappa shape index (κ2) is 7.97. The first-order valence-corrected chi connectivity index (χ1v) is 8.25. The first-order valence-electron chi connectivity index (χ1n) is 7.87. The van der Waals surface area contributed by atoms with Crippen molar-refractivity contribution in [2.45, 2.75) is 38.8 Å². The average molecular weight is 311 g/mol. The Balaban J connectivity index is 2.00. The minimum absolute atomic E-state index is 0.708. The SMILES string of the molecule is CCCN(CCN(C)C)c1ncc(CNC2CC2)cc1Cl. The van der Waals surface area contributed by atoms with E-state index in [9.17, 15) is 0 Å². The Morgan fingerprint density at radius 3 is 2.62 bits per heavy atom. The summed E-state index contributed by atoms with van der Waals surface area (Å²) in [6, 6.07) is 2.76. The lowest BCUT2D eigenvalue weighted by molar-refractivity contribution is 0.412. The predicted octanol–water partition coefficient (Wildman–Crippen LogP) is 2.77. The second-order valence-electron chi connectivity index (χ2n) is 6.09. The van der Waals surface area contributed by atoms with Gasteiger partial charge in [0.1, 0.15) is 5.82 Å². The molecule has 0 spiro atoms. The summed E-state index contributed by atoms with van der Waals surface area (Å²) in [6.45, 7) is 5.99. The quantitative estimate of drug-likeness (QED) is 0.760. The van der Waals surface area contributed by atoms with Gasteiger partial charge in [-0.15, -0.1) is 0 Å². The molecule has 0 aromatic carbocycles. The highest BCUT2D eigenvalue weighted by Crippen LogP contribution is 2.25. The van der Waals surface area contributed by atoms with Gasteiger partial charge in [-0.25, -0.2) is 4.98 Å². The van der Waals surface area contributed by atoms with Crippen LogP contribution < -0.4 is 10.2 Å². The Hall–Kier alpha value is -0.840. The average Bonchev–Trinajstić information content (AvgIpc) is 3.26. The fourth-order valence-corrected chi connectivity index (χ4v) is 2.57. The summed E-state index contributed by atoms with van der Waals surface area (Å²) in [7, 11) is 4.18. The largest absolute Gasteiger partial charge is 0.354 e. The van der Waals surface area contributed by atoms with E-state index in [0.29, 0.717) is 6.04 Å². The molecule has 1 aromatic rings. The third kappa shape index (κ3) is 5.46. The highest BCUT2D eigenvalue weighted by Gasteiger charge is 2.20. The summed E-state index contributed by atoms with van der Waals surface area (Å²) in [4.78, 5) is 9.07. The van der Waals surface area contributed by atoms with Gasteiger partial charge in [-0.2, -0.15) is 0 Å². The fraction of sp³-hybridized carbons (Fsp3) is 0.688. The van der Waals surface area contributed by atoms with Crippen LogP contribution in [0, 0.1) is 0 Å². The van der Waals surface area contributed by atoms with Crippen LogP contribution in [0.15, 0.2) is 12.3 Å². The maximum atomic E-state index is 6.46. The van der Waals surface area contributed by atoms with Crippen molar-refractivity contribution in [3.63, 3.8) is 0 Å². The van der Waals surface area contributed by atoms with Gasteiger partial charge in [0.2, 0.25) is 0 Å². The van der Waals surface area contributed by atoms with Gasteiger partial charge in [0.25, 0.3) is 0 Å². The predicted molar refractivity (Wildman–Crippen MR) is 90.2 cm³/mol. The molecule has 0 radical (unpaired) electrons. The summed E-state index contributed by atoms with van der Waals surface area (Å²) in [5.41, 5.74) is 1.17. The third-order valence-electron chi connectivity index (χ3n) is 3.66. The summed E-state index contributed by atoms with van der Waals surface area (Å²) >= 11 is 6.46. The van der Waals surface area contributed by atoms with Crippen LogP contribution in [-0.4, -0.2) is 49.7 Å². The van der Waals surface area contributed by atoms with Crippen molar-refractivity contribution < 1.29 is 0 Å². The van der Waals surface area contributed by atoms with Crippen molar-refractivity contribution in [2.24, 2.45) is 0 Å². The number of nitrogens with one attached hydrogen (secondary N) is 1. The maximum Gasteiger partial charge on any atom is 0.147 e. The molecule has 1 aliphatic carbocycles. The van der Waals surface area contributed by atoms with E-state index in [2.05, 4.69) is 47.2 Å². The Morgan fingerprint density at radius 1 is 1.29 bits per heavy atom. The molecule has 0 bridgehead atoms. The van der Waals surface area contributed by atoms with Gasteiger partial charge in [0.15, 0.2) is 0 Å². The topological polar surface area (TPSA) is 31.4 Å². The smallest absolute Gasteiger partial charge is 0.147 e. The van der Waals surface area contributed by atoms with Crippen molar-refractivity contribution in [1.29, 1.82) is 0 Å². The molecule has 0 atom stereocenters. The number of pyridine rings is 1. The molecule has 1 fully saturated rings. The highest BCUT2D eigenvalue weighted by atomic mass is 35.5. The van der Waals surface area contributed by atoms with Crippen molar-refractivity contribution >= 4 is 17.4 Å². The Morgan fingerprint density at radius 2 is 2.05 bits per heavy atom. The zero-order valence-corrected chi connectivity index (χ0v) is 14.2.